The molecule has 1 aromatic carbocycles. The van der Waals surface area contributed by atoms with E-state index >= 15 is 0 Å². The molecule has 3 nitrogen and oxygen atoms in total. The van der Waals surface area contributed by atoms with Gasteiger partial charge in [0.05, 0.1) is 11.6 Å². The Kier molecular flexibility index (Phi) is 4.83. The molecule has 1 aliphatic rings. The highest BCUT2D eigenvalue weighted by Gasteiger charge is 2.15. The molecule has 1 N–H and O–H groups in total. The van der Waals surface area contributed by atoms with Gasteiger partial charge in [-0.25, -0.2) is 0 Å². The van der Waals surface area contributed by atoms with Crippen LogP contribution >= 0.6 is 0 Å². The van der Waals surface area contributed by atoms with Gasteiger partial charge in [-0.1, -0.05) is 19.3 Å². The fraction of sp³-hybridized carbons (Fsp3) is 0.450. The topological polar surface area (TPSA) is 40.8 Å². The third kappa shape index (κ3) is 3.48. The average Bonchev–Trinajstić information content (AvgIpc) is 2.88. The SMILES string of the molecule is Cc1cc(CNC2CCCCC2)c(C)n1-c1ccc(C#N)cc1. The lowest BCUT2D eigenvalue weighted by Gasteiger charge is -2.22. The van der Waals surface area contributed by atoms with Crippen molar-refractivity contribution in [1.29, 1.82) is 5.26 Å². The third-order valence-electron chi connectivity index (χ3n) is 4.98. The standard InChI is InChI=1S/C20H25N3/c1-15-12-18(14-22-19-6-4-3-5-7-19)16(2)23(15)20-10-8-17(13-21)9-11-20/h8-12,19,22H,3-7,14H2,1-2H3. The van der Waals surface area contributed by atoms with E-state index in [0.29, 0.717) is 11.6 Å². The molecule has 1 saturated carbocycles. The van der Waals surface area contributed by atoms with Gasteiger partial charge in [0, 0.05) is 29.7 Å². The molecule has 2 aromatic rings. The Morgan fingerprint density at radius 3 is 2.48 bits per heavy atom. The summed E-state index contributed by atoms with van der Waals surface area (Å²) in [6.45, 7) is 5.28. The van der Waals surface area contributed by atoms with E-state index in [1.54, 1.807) is 0 Å². The average molecular weight is 307 g/mol. The minimum atomic E-state index is 0.682. The maximum absolute atomic E-state index is 8.94. The van der Waals surface area contributed by atoms with Crippen LogP contribution < -0.4 is 5.32 Å². The van der Waals surface area contributed by atoms with Crippen LogP contribution in [0.4, 0.5) is 0 Å². The van der Waals surface area contributed by atoms with Crippen molar-refractivity contribution in [3.8, 4) is 11.8 Å². The highest BCUT2D eigenvalue weighted by molar-refractivity contribution is 5.44. The largest absolute Gasteiger partial charge is 0.318 e. The van der Waals surface area contributed by atoms with Gasteiger partial charge in [0.15, 0.2) is 0 Å². The summed E-state index contributed by atoms with van der Waals surface area (Å²) in [7, 11) is 0. The normalized spacial score (nSPS) is 15.5. The second-order valence-corrected chi connectivity index (χ2v) is 6.61. The van der Waals surface area contributed by atoms with Crippen LogP contribution in [0.1, 0.15) is 54.6 Å². The molecule has 1 aliphatic carbocycles. The lowest BCUT2D eigenvalue weighted by Crippen LogP contribution is -2.30. The molecule has 3 rings (SSSR count). The molecule has 0 spiro atoms. The molecule has 0 saturated heterocycles. The molecule has 120 valence electrons. The summed E-state index contributed by atoms with van der Waals surface area (Å²) in [5, 5.41) is 12.7. The molecule has 1 fully saturated rings. The summed E-state index contributed by atoms with van der Waals surface area (Å²) in [4.78, 5) is 0. The van der Waals surface area contributed by atoms with Gasteiger partial charge >= 0.3 is 0 Å². The molecule has 23 heavy (non-hydrogen) atoms. The fourth-order valence-electron chi connectivity index (χ4n) is 3.65. The number of aryl methyl sites for hydroxylation is 1. The van der Waals surface area contributed by atoms with E-state index in [4.69, 9.17) is 5.26 Å². The Labute approximate surface area is 138 Å². The van der Waals surface area contributed by atoms with Crippen LogP contribution in [0.5, 0.6) is 0 Å². The lowest BCUT2D eigenvalue weighted by molar-refractivity contribution is 0.372. The number of nitrogens with zero attached hydrogens (tertiary/aromatic N) is 2. The van der Waals surface area contributed by atoms with Crippen molar-refractivity contribution >= 4 is 0 Å². The van der Waals surface area contributed by atoms with Crippen molar-refractivity contribution in [1.82, 2.24) is 9.88 Å². The second kappa shape index (κ2) is 7.02. The smallest absolute Gasteiger partial charge is 0.0991 e. The Morgan fingerprint density at radius 1 is 1.13 bits per heavy atom. The minimum Gasteiger partial charge on any atom is -0.318 e. The molecule has 0 radical (unpaired) electrons. The predicted octanol–water partition coefficient (Wildman–Crippen LogP) is 4.39. The first kappa shape index (κ1) is 15.8. The molecule has 1 aromatic heterocycles. The van der Waals surface area contributed by atoms with Gasteiger partial charge < -0.3 is 9.88 Å². The number of nitriles is 1. The van der Waals surface area contributed by atoms with E-state index < -0.39 is 0 Å². The van der Waals surface area contributed by atoms with Crippen molar-refractivity contribution < 1.29 is 0 Å². The Hall–Kier alpha value is -2.05. The number of benzene rings is 1. The first-order chi connectivity index (χ1) is 11.2. The number of aromatic nitrogens is 1. The Morgan fingerprint density at radius 2 is 1.83 bits per heavy atom. The highest BCUT2D eigenvalue weighted by atomic mass is 15.0. The monoisotopic (exact) mass is 307 g/mol. The number of hydrogen-bond acceptors (Lipinski definition) is 2. The number of hydrogen-bond donors (Lipinski definition) is 1. The van der Waals surface area contributed by atoms with Crippen LogP contribution in [0.25, 0.3) is 5.69 Å². The van der Waals surface area contributed by atoms with Gasteiger partial charge in [-0.2, -0.15) is 5.26 Å². The first-order valence-corrected chi connectivity index (χ1v) is 8.61. The van der Waals surface area contributed by atoms with Crippen molar-refractivity contribution in [2.75, 3.05) is 0 Å². The molecule has 1 heterocycles. The predicted molar refractivity (Wildman–Crippen MR) is 93.7 cm³/mol. The molecular weight excluding hydrogens is 282 g/mol. The van der Waals surface area contributed by atoms with E-state index in [1.807, 2.05) is 24.3 Å². The van der Waals surface area contributed by atoms with Crippen LogP contribution in [0, 0.1) is 25.2 Å². The Bertz CT molecular complexity index is 698. The van der Waals surface area contributed by atoms with Crippen LogP contribution in [0.2, 0.25) is 0 Å². The van der Waals surface area contributed by atoms with E-state index in [1.165, 1.54) is 49.1 Å². The molecule has 0 bridgehead atoms. The quantitative estimate of drug-likeness (QED) is 0.910. The van der Waals surface area contributed by atoms with E-state index in [9.17, 15) is 0 Å². The summed E-state index contributed by atoms with van der Waals surface area (Å²) in [5.74, 6) is 0. The van der Waals surface area contributed by atoms with Crippen molar-refractivity contribution in [3.63, 3.8) is 0 Å². The third-order valence-corrected chi connectivity index (χ3v) is 4.98. The lowest BCUT2D eigenvalue weighted by atomic mass is 9.95. The van der Waals surface area contributed by atoms with Gasteiger partial charge in [0.25, 0.3) is 0 Å². The molecule has 0 atom stereocenters. The van der Waals surface area contributed by atoms with Crippen molar-refractivity contribution in [2.45, 2.75) is 58.5 Å². The summed E-state index contributed by atoms with van der Waals surface area (Å²) in [5.41, 5.74) is 5.74. The number of rotatable bonds is 4. The summed E-state index contributed by atoms with van der Waals surface area (Å²) >= 11 is 0. The van der Waals surface area contributed by atoms with Crippen LogP contribution in [0.3, 0.4) is 0 Å². The van der Waals surface area contributed by atoms with Gasteiger partial charge in [-0.05, 0) is 62.6 Å². The molecule has 0 aliphatic heterocycles. The van der Waals surface area contributed by atoms with Crippen molar-refractivity contribution in [2.24, 2.45) is 0 Å². The first-order valence-electron chi connectivity index (χ1n) is 8.61. The molecule has 0 amide bonds. The minimum absolute atomic E-state index is 0.682. The summed E-state index contributed by atoms with van der Waals surface area (Å²) in [6.07, 6.45) is 6.75. The molecule has 3 heteroatoms. The molecular formula is C20H25N3. The van der Waals surface area contributed by atoms with E-state index in [2.05, 4.69) is 35.9 Å². The fourth-order valence-corrected chi connectivity index (χ4v) is 3.65. The maximum Gasteiger partial charge on any atom is 0.0991 e. The highest BCUT2D eigenvalue weighted by Crippen LogP contribution is 2.22. The summed E-state index contributed by atoms with van der Waals surface area (Å²) in [6, 6.07) is 13.0. The summed E-state index contributed by atoms with van der Waals surface area (Å²) < 4.78 is 2.28. The van der Waals surface area contributed by atoms with Gasteiger partial charge in [0.2, 0.25) is 0 Å². The number of nitrogens with one attached hydrogen (secondary N) is 1. The van der Waals surface area contributed by atoms with Crippen LogP contribution in [-0.4, -0.2) is 10.6 Å². The maximum atomic E-state index is 8.94. The second-order valence-electron chi connectivity index (χ2n) is 6.61. The molecule has 0 unspecified atom stereocenters. The zero-order valence-corrected chi connectivity index (χ0v) is 14.1. The van der Waals surface area contributed by atoms with Gasteiger partial charge in [0.1, 0.15) is 0 Å². The van der Waals surface area contributed by atoms with E-state index in [-0.39, 0.29) is 0 Å². The van der Waals surface area contributed by atoms with Gasteiger partial charge in [-0.3, -0.25) is 0 Å². The Balaban J connectivity index is 1.77. The van der Waals surface area contributed by atoms with E-state index in [0.717, 1.165) is 12.2 Å². The zero-order valence-electron chi connectivity index (χ0n) is 14.1. The van der Waals surface area contributed by atoms with Crippen molar-refractivity contribution in [3.05, 3.63) is 52.8 Å². The zero-order chi connectivity index (χ0) is 16.2. The van der Waals surface area contributed by atoms with Crippen LogP contribution in [-0.2, 0) is 6.54 Å². The van der Waals surface area contributed by atoms with Gasteiger partial charge in [-0.15, -0.1) is 0 Å². The van der Waals surface area contributed by atoms with Crippen LogP contribution in [0.15, 0.2) is 30.3 Å².